The monoisotopic (exact) mass is 298 g/mol. The fourth-order valence-corrected chi connectivity index (χ4v) is 1.75. The predicted octanol–water partition coefficient (Wildman–Crippen LogP) is 2.25. The second-order valence-electron chi connectivity index (χ2n) is 3.82. The number of hydrogen-bond donors (Lipinski definition) is 1. The lowest BCUT2D eigenvalue weighted by atomic mass is 10.2. The summed E-state index contributed by atoms with van der Waals surface area (Å²) < 4.78 is 15.9. The van der Waals surface area contributed by atoms with Crippen LogP contribution in [0.1, 0.15) is 24.4 Å². The molecule has 0 aliphatic carbocycles. The van der Waals surface area contributed by atoms with Crippen molar-refractivity contribution in [2.75, 3.05) is 0 Å². The highest BCUT2D eigenvalue weighted by Gasteiger charge is 2.08. The molecule has 17 heavy (non-hydrogen) atoms. The van der Waals surface area contributed by atoms with E-state index < -0.39 is 0 Å². The smallest absolute Gasteiger partial charge is 0.166 e. The first-order valence-corrected chi connectivity index (χ1v) is 5.94. The van der Waals surface area contributed by atoms with Crippen molar-refractivity contribution >= 4 is 15.9 Å². The lowest BCUT2D eigenvalue weighted by Gasteiger charge is -2.03. The Morgan fingerprint density at radius 2 is 2.29 bits per heavy atom. The van der Waals surface area contributed by atoms with Crippen molar-refractivity contribution < 1.29 is 4.39 Å². The van der Waals surface area contributed by atoms with Gasteiger partial charge in [-0.05, 0) is 19.1 Å². The highest BCUT2D eigenvalue weighted by atomic mass is 79.9. The summed E-state index contributed by atoms with van der Waals surface area (Å²) in [6.07, 6.45) is 1.56. The quantitative estimate of drug-likeness (QED) is 0.945. The average molecular weight is 299 g/mol. The maximum Gasteiger partial charge on any atom is 0.166 e. The maximum absolute atomic E-state index is 13.6. The van der Waals surface area contributed by atoms with Crippen LogP contribution < -0.4 is 5.73 Å². The van der Waals surface area contributed by atoms with E-state index in [4.69, 9.17) is 5.73 Å². The van der Waals surface area contributed by atoms with E-state index in [1.165, 1.54) is 6.07 Å². The van der Waals surface area contributed by atoms with Gasteiger partial charge in [-0.2, -0.15) is 5.10 Å². The summed E-state index contributed by atoms with van der Waals surface area (Å²) in [7, 11) is 0. The SMILES string of the molecule is CC(N)c1ncn(Cc2ccc(Br)cc2F)n1. The third-order valence-electron chi connectivity index (χ3n) is 2.31. The minimum Gasteiger partial charge on any atom is -0.321 e. The van der Waals surface area contributed by atoms with E-state index >= 15 is 0 Å². The molecule has 1 atom stereocenters. The molecule has 2 aromatic rings. The van der Waals surface area contributed by atoms with Crippen molar-refractivity contribution in [2.24, 2.45) is 5.73 Å². The molecule has 0 aliphatic rings. The zero-order valence-electron chi connectivity index (χ0n) is 9.27. The Labute approximate surface area is 107 Å². The van der Waals surface area contributed by atoms with Gasteiger partial charge in [-0.1, -0.05) is 22.0 Å². The summed E-state index contributed by atoms with van der Waals surface area (Å²) in [5.41, 5.74) is 6.22. The standard InChI is InChI=1S/C11H12BrFN4/c1-7(14)11-15-6-17(16-11)5-8-2-3-9(12)4-10(8)13/h2-4,6-7H,5,14H2,1H3. The van der Waals surface area contributed by atoms with E-state index in [-0.39, 0.29) is 11.9 Å². The van der Waals surface area contributed by atoms with Gasteiger partial charge in [-0.15, -0.1) is 0 Å². The van der Waals surface area contributed by atoms with Gasteiger partial charge in [0.15, 0.2) is 5.82 Å². The molecular formula is C11H12BrFN4. The van der Waals surface area contributed by atoms with Crippen LogP contribution in [0, 0.1) is 5.82 Å². The van der Waals surface area contributed by atoms with E-state index in [1.54, 1.807) is 30.1 Å². The van der Waals surface area contributed by atoms with E-state index in [2.05, 4.69) is 26.0 Å². The zero-order valence-corrected chi connectivity index (χ0v) is 10.9. The minimum atomic E-state index is -0.266. The van der Waals surface area contributed by atoms with E-state index in [0.717, 1.165) is 0 Å². The Hall–Kier alpha value is -1.27. The fraction of sp³-hybridized carbons (Fsp3) is 0.273. The van der Waals surface area contributed by atoms with Crippen molar-refractivity contribution in [2.45, 2.75) is 19.5 Å². The van der Waals surface area contributed by atoms with Gasteiger partial charge >= 0.3 is 0 Å². The zero-order chi connectivity index (χ0) is 12.4. The largest absolute Gasteiger partial charge is 0.321 e. The molecule has 1 aromatic carbocycles. The van der Waals surface area contributed by atoms with Crippen LogP contribution in [0.2, 0.25) is 0 Å². The van der Waals surface area contributed by atoms with Crippen LogP contribution in [0.25, 0.3) is 0 Å². The summed E-state index contributed by atoms with van der Waals surface area (Å²) in [5.74, 6) is 0.291. The molecule has 0 amide bonds. The summed E-state index contributed by atoms with van der Waals surface area (Å²) in [4.78, 5) is 4.05. The lowest BCUT2D eigenvalue weighted by Crippen LogP contribution is -2.09. The predicted molar refractivity (Wildman–Crippen MR) is 65.8 cm³/mol. The number of halogens is 2. The fourth-order valence-electron chi connectivity index (χ4n) is 1.42. The van der Waals surface area contributed by atoms with Gasteiger partial charge < -0.3 is 5.73 Å². The van der Waals surface area contributed by atoms with E-state index in [0.29, 0.717) is 22.4 Å². The van der Waals surface area contributed by atoms with Crippen LogP contribution in [0.15, 0.2) is 29.0 Å². The molecular weight excluding hydrogens is 287 g/mol. The summed E-state index contributed by atoms with van der Waals surface area (Å²) in [5, 5.41) is 4.17. The molecule has 1 heterocycles. The van der Waals surface area contributed by atoms with Crippen LogP contribution in [-0.2, 0) is 6.54 Å². The second kappa shape index (κ2) is 4.93. The molecule has 0 spiro atoms. The van der Waals surface area contributed by atoms with Crippen molar-refractivity contribution in [3.05, 3.63) is 46.2 Å². The van der Waals surface area contributed by atoms with Gasteiger partial charge in [-0.3, -0.25) is 0 Å². The molecule has 0 radical (unpaired) electrons. The number of benzene rings is 1. The van der Waals surface area contributed by atoms with Crippen molar-refractivity contribution in [3.8, 4) is 0 Å². The summed E-state index contributed by atoms with van der Waals surface area (Å²) >= 11 is 3.21. The summed E-state index contributed by atoms with van der Waals surface area (Å²) in [6.45, 7) is 2.15. The number of hydrogen-bond acceptors (Lipinski definition) is 3. The van der Waals surface area contributed by atoms with Crippen LogP contribution in [0.4, 0.5) is 4.39 Å². The molecule has 0 saturated heterocycles. The average Bonchev–Trinajstić information content (AvgIpc) is 2.71. The van der Waals surface area contributed by atoms with Crippen molar-refractivity contribution in [1.82, 2.24) is 14.8 Å². The molecule has 4 nitrogen and oxygen atoms in total. The molecule has 0 aliphatic heterocycles. The highest BCUT2D eigenvalue weighted by molar-refractivity contribution is 9.10. The number of nitrogens with zero attached hydrogens (tertiary/aromatic N) is 3. The third kappa shape index (κ3) is 2.89. The molecule has 0 saturated carbocycles. The minimum absolute atomic E-state index is 0.217. The first-order valence-electron chi connectivity index (χ1n) is 5.15. The van der Waals surface area contributed by atoms with E-state index in [1.807, 2.05) is 0 Å². The van der Waals surface area contributed by atoms with Gasteiger partial charge in [0.25, 0.3) is 0 Å². The Kier molecular flexibility index (Phi) is 3.54. The normalized spacial score (nSPS) is 12.7. The lowest BCUT2D eigenvalue weighted by molar-refractivity contribution is 0.579. The van der Waals surface area contributed by atoms with Crippen molar-refractivity contribution in [3.63, 3.8) is 0 Å². The Balaban J connectivity index is 2.19. The maximum atomic E-state index is 13.6. The first kappa shape index (κ1) is 12.2. The number of aromatic nitrogens is 3. The van der Waals surface area contributed by atoms with E-state index in [9.17, 15) is 4.39 Å². The first-order chi connectivity index (χ1) is 8.06. The second-order valence-corrected chi connectivity index (χ2v) is 4.74. The van der Waals surface area contributed by atoms with Gasteiger partial charge in [0.1, 0.15) is 12.1 Å². The van der Waals surface area contributed by atoms with Crippen LogP contribution >= 0.6 is 15.9 Å². The Morgan fingerprint density at radius 1 is 1.53 bits per heavy atom. The number of rotatable bonds is 3. The van der Waals surface area contributed by atoms with Gasteiger partial charge in [0, 0.05) is 10.0 Å². The van der Waals surface area contributed by atoms with Gasteiger partial charge in [0.05, 0.1) is 12.6 Å². The molecule has 6 heteroatoms. The molecule has 2 rings (SSSR count). The molecule has 90 valence electrons. The van der Waals surface area contributed by atoms with Crippen LogP contribution in [0.5, 0.6) is 0 Å². The topological polar surface area (TPSA) is 56.7 Å². The highest BCUT2D eigenvalue weighted by Crippen LogP contribution is 2.16. The number of nitrogens with two attached hydrogens (primary N) is 1. The Bertz CT molecular complexity index is 524. The van der Waals surface area contributed by atoms with Crippen LogP contribution in [0.3, 0.4) is 0 Å². The molecule has 2 N–H and O–H groups in total. The van der Waals surface area contributed by atoms with Gasteiger partial charge in [-0.25, -0.2) is 14.1 Å². The molecule has 0 fully saturated rings. The van der Waals surface area contributed by atoms with Crippen molar-refractivity contribution in [1.29, 1.82) is 0 Å². The molecule has 1 aromatic heterocycles. The third-order valence-corrected chi connectivity index (χ3v) is 2.80. The van der Waals surface area contributed by atoms with Gasteiger partial charge in [0.2, 0.25) is 0 Å². The van der Waals surface area contributed by atoms with Crippen LogP contribution in [-0.4, -0.2) is 14.8 Å². The molecule has 0 bridgehead atoms. The summed E-state index contributed by atoms with van der Waals surface area (Å²) in [6, 6.07) is 4.72. The molecule has 1 unspecified atom stereocenters. The Morgan fingerprint density at radius 3 is 2.88 bits per heavy atom.